The van der Waals surface area contributed by atoms with E-state index in [0.717, 1.165) is 38.8 Å². The van der Waals surface area contributed by atoms with E-state index >= 15 is 0 Å². The van der Waals surface area contributed by atoms with Crippen molar-refractivity contribution in [1.82, 2.24) is 9.80 Å². The number of nitrogens with two attached hydrogens (primary N) is 1. The molecule has 2 rings (SSSR count). The Morgan fingerprint density at radius 2 is 1.84 bits per heavy atom. The van der Waals surface area contributed by atoms with Crippen LogP contribution in [-0.2, 0) is 4.79 Å². The second-order valence-electron chi connectivity index (χ2n) is 6.05. The zero-order valence-corrected chi connectivity index (χ0v) is 12.3. The molecule has 0 aromatic carbocycles. The molecule has 19 heavy (non-hydrogen) atoms. The number of rotatable bonds is 5. The molecular formula is C15H29N3O. The van der Waals surface area contributed by atoms with Gasteiger partial charge in [-0.25, -0.2) is 0 Å². The highest BCUT2D eigenvalue weighted by Gasteiger charge is 2.26. The van der Waals surface area contributed by atoms with E-state index in [1.54, 1.807) is 0 Å². The van der Waals surface area contributed by atoms with Crippen LogP contribution in [0.15, 0.2) is 0 Å². The summed E-state index contributed by atoms with van der Waals surface area (Å²) in [6.07, 6.45) is 7.60. The number of likely N-dealkylation sites (tertiary alicyclic amines) is 1. The molecule has 1 amide bonds. The minimum absolute atomic E-state index is 0.342. The lowest BCUT2D eigenvalue weighted by Crippen LogP contribution is -2.44. The molecule has 1 heterocycles. The first-order valence-corrected chi connectivity index (χ1v) is 7.98. The van der Waals surface area contributed by atoms with Gasteiger partial charge in [-0.1, -0.05) is 0 Å². The molecule has 1 aliphatic carbocycles. The maximum atomic E-state index is 12.4. The molecule has 2 fully saturated rings. The van der Waals surface area contributed by atoms with Crippen LogP contribution < -0.4 is 5.73 Å². The van der Waals surface area contributed by atoms with E-state index in [9.17, 15) is 4.79 Å². The molecule has 2 N–H and O–H groups in total. The second kappa shape index (κ2) is 7.25. The van der Waals surface area contributed by atoms with Gasteiger partial charge in [0.25, 0.3) is 0 Å². The van der Waals surface area contributed by atoms with Crippen molar-refractivity contribution in [3.05, 3.63) is 0 Å². The first-order chi connectivity index (χ1) is 9.20. The number of amides is 1. The standard InChI is InChI=1S/C15H29N3O/c1-2-18(14-7-5-13(16)6-8-14)15(19)9-12-17-10-3-4-11-17/h13-14H,2-12,16H2,1H3. The minimum Gasteiger partial charge on any atom is -0.340 e. The van der Waals surface area contributed by atoms with Gasteiger partial charge in [-0.3, -0.25) is 4.79 Å². The Labute approximate surface area is 117 Å². The van der Waals surface area contributed by atoms with Gasteiger partial charge in [0, 0.05) is 31.6 Å². The summed E-state index contributed by atoms with van der Waals surface area (Å²) < 4.78 is 0. The number of carbonyl (C=O) groups excluding carboxylic acids is 1. The Bertz CT molecular complexity index is 281. The van der Waals surface area contributed by atoms with E-state index < -0.39 is 0 Å². The van der Waals surface area contributed by atoms with Crippen molar-refractivity contribution in [1.29, 1.82) is 0 Å². The van der Waals surface area contributed by atoms with E-state index in [1.807, 2.05) is 0 Å². The molecule has 1 aliphatic heterocycles. The van der Waals surface area contributed by atoms with Gasteiger partial charge in [0.1, 0.15) is 0 Å². The van der Waals surface area contributed by atoms with Crippen molar-refractivity contribution in [3.8, 4) is 0 Å². The zero-order chi connectivity index (χ0) is 13.7. The summed E-state index contributed by atoms with van der Waals surface area (Å²) in [6.45, 7) is 6.25. The summed E-state index contributed by atoms with van der Waals surface area (Å²) in [7, 11) is 0. The van der Waals surface area contributed by atoms with Crippen LogP contribution >= 0.6 is 0 Å². The number of carbonyl (C=O) groups is 1. The third kappa shape index (κ3) is 4.18. The summed E-state index contributed by atoms with van der Waals surface area (Å²) in [5, 5.41) is 0. The van der Waals surface area contributed by atoms with E-state index in [-0.39, 0.29) is 0 Å². The Balaban J connectivity index is 1.77. The zero-order valence-electron chi connectivity index (χ0n) is 12.3. The van der Waals surface area contributed by atoms with Crippen molar-refractivity contribution in [2.45, 2.75) is 64.0 Å². The van der Waals surface area contributed by atoms with Gasteiger partial charge in [-0.2, -0.15) is 0 Å². The Hall–Kier alpha value is -0.610. The summed E-state index contributed by atoms with van der Waals surface area (Å²) >= 11 is 0. The quantitative estimate of drug-likeness (QED) is 0.823. The monoisotopic (exact) mass is 267 g/mol. The molecule has 0 bridgehead atoms. The lowest BCUT2D eigenvalue weighted by molar-refractivity contribution is -0.134. The normalized spacial score (nSPS) is 28.5. The van der Waals surface area contributed by atoms with Crippen LogP contribution in [0.25, 0.3) is 0 Å². The smallest absolute Gasteiger partial charge is 0.224 e. The fraction of sp³-hybridized carbons (Fsp3) is 0.933. The van der Waals surface area contributed by atoms with Gasteiger partial charge in [-0.05, 0) is 58.5 Å². The van der Waals surface area contributed by atoms with Gasteiger partial charge in [0.05, 0.1) is 0 Å². The molecule has 0 aromatic heterocycles. The number of hydrogen-bond acceptors (Lipinski definition) is 3. The molecule has 4 heteroatoms. The van der Waals surface area contributed by atoms with Crippen molar-refractivity contribution in [2.24, 2.45) is 5.73 Å². The average molecular weight is 267 g/mol. The third-order valence-electron chi connectivity index (χ3n) is 4.68. The van der Waals surface area contributed by atoms with Gasteiger partial charge in [-0.15, -0.1) is 0 Å². The molecule has 0 radical (unpaired) electrons. The molecule has 110 valence electrons. The summed E-state index contributed by atoms with van der Waals surface area (Å²) in [6, 6.07) is 0.797. The largest absolute Gasteiger partial charge is 0.340 e. The van der Waals surface area contributed by atoms with Crippen LogP contribution in [0.2, 0.25) is 0 Å². The molecule has 0 spiro atoms. The summed E-state index contributed by atoms with van der Waals surface area (Å²) in [5.41, 5.74) is 5.95. The van der Waals surface area contributed by atoms with Crippen LogP contribution in [-0.4, -0.2) is 54.0 Å². The van der Waals surface area contributed by atoms with Crippen LogP contribution in [0.3, 0.4) is 0 Å². The molecule has 1 saturated carbocycles. The van der Waals surface area contributed by atoms with E-state index in [1.165, 1.54) is 25.9 Å². The maximum Gasteiger partial charge on any atom is 0.224 e. The second-order valence-corrected chi connectivity index (χ2v) is 6.05. The Morgan fingerprint density at radius 1 is 1.21 bits per heavy atom. The maximum absolute atomic E-state index is 12.4. The lowest BCUT2D eigenvalue weighted by Gasteiger charge is -2.35. The highest BCUT2D eigenvalue weighted by molar-refractivity contribution is 5.76. The van der Waals surface area contributed by atoms with Crippen LogP contribution in [0.4, 0.5) is 0 Å². The molecule has 1 saturated heterocycles. The summed E-state index contributed by atoms with van der Waals surface area (Å²) in [5.74, 6) is 0.342. The van der Waals surface area contributed by atoms with Crippen molar-refractivity contribution >= 4 is 5.91 Å². The highest BCUT2D eigenvalue weighted by atomic mass is 16.2. The first kappa shape index (κ1) is 14.8. The number of nitrogens with zero attached hydrogens (tertiary/aromatic N) is 2. The van der Waals surface area contributed by atoms with Crippen molar-refractivity contribution in [3.63, 3.8) is 0 Å². The predicted molar refractivity (Wildman–Crippen MR) is 77.9 cm³/mol. The Kier molecular flexibility index (Phi) is 5.64. The summed E-state index contributed by atoms with van der Waals surface area (Å²) in [4.78, 5) is 16.9. The van der Waals surface area contributed by atoms with Gasteiger partial charge >= 0.3 is 0 Å². The van der Waals surface area contributed by atoms with Crippen LogP contribution in [0.1, 0.15) is 51.9 Å². The lowest BCUT2D eigenvalue weighted by atomic mass is 9.90. The molecule has 0 aromatic rings. The van der Waals surface area contributed by atoms with Crippen molar-refractivity contribution < 1.29 is 4.79 Å². The number of hydrogen-bond donors (Lipinski definition) is 1. The first-order valence-electron chi connectivity index (χ1n) is 7.98. The average Bonchev–Trinajstić information content (AvgIpc) is 2.92. The Morgan fingerprint density at radius 3 is 2.42 bits per heavy atom. The minimum atomic E-state index is 0.342. The fourth-order valence-corrected chi connectivity index (χ4v) is 3.46. The van der Waals surface area contributed by atoms with Gasteiger partial charge in [0.2, 0.25) is 5.91 Å². The molecule has 4 nitrogen and oxygen atoms in total. The highest BCUT2D eigenvalue weighted by Crippen LogP contribution is 2.22. The molecular weight excluding hydrogens is 238 g/mol. The molecule has 0 unspecified atom stereocenters. The molecule has 0 atom stereocenters. The van der Waals surface area contributed by atoms with Crippen LogP contribution in [0.5, 0.6) is 0 Å². The molecule has 2 aliphatic rings. The predicted octanol–water partition coefficient (Wildman–Crippen LogP) is 1.59. The van der Waals surface area contributed by atoms with Crippen LogP contribution in [0, 0.1) is 0 Å². The van der Waals surface area contributed by atoms with Gasteiger partial charge < -0.3 is 15.5 Å². The van der Waals surface area contributed by atoms with Gasteiger partial charge in [0.15, 0.2) is 0 Å². The fourth-order valence-electron chi connectivity index (χ4n) is 3.46. The van der Waals surface area contributed by atoms with E-state index in [0.29, 0.717) is 24.4 Å². The third-order valence-corrected chi connectivity index (χ3v) is 4.68. The topological polar surface area (TPSA) is 49.6 Å². The van der Waals surface area contributed by atoms with E-state index in [4.69, 9.17) is 5.73 Å². The van der Waals surface area contributed by atoms with Crippen molar-refractivity contribution in [2.75, 3.05) is 26.2 Å². The van der Waals surface area contributed by atoms with E-state index in [2.05, 4.69) is 16.7 Å². The SMILES string of the molecule is CCN(C(=O)CCN1CCCC1)C1CCC(N)CC1.